The summed E-state index contributed by atoms with van der Waals surface area (Å²) in [4.78, 5) is 17.8. The zero-order valence-corrected chi connectivity index (χ0v) is 18.1. The molecule has 156 valence electrons. The number of thioether (sulfide) groups is 1. The number of hydrogen-bond donors (Lipinski definition) is 2. The number of nitrogens with zero attached hydrogens (tertiary/aromatic N) is 2. The van der Waals surface area contributed by atoms with E-state index in [1.54, 1.807) is 18.7 Å². The molecule has 9 nitrogen and oxygen atoms in total. The number of nitrogens with one attached hydrogen (secondary N) is 2. The predicted molar refractivity (Wildman–Crippen MR) is 109 cm³/mol. The molecule has 0 aliphatic carbocycles. The molecule has 2 rings (SSSR count). The van der Waals surface area contributed by atoms with Crippen LogP contribution in [0.4, 0.5) is 0 Å². The first-order valence-electron chi connectivity index (χ1n) is 8.75. The Morgan fingerprint density at radius 3 is 2.71 bits per heavy atom. The van der Waals surface area contributed by atoms with Crippen LogP contribution in [-0.4, -0.2) is 65.2 Å². The Morgan fingerprint density at radius 2 is 2.07 bits per heavy atom. The van der Waals surface area contributed by atoms with Gasteiger partial charge in [0, 0.05) is 12.8 Å². The van der Waals surface area contributed by atoms with Crippen molar-refractivity contribution in [2.75, 3.05) is 40.0 Å². The van der Waals surface area contributed by atoms with Crippen LogP contribution in [0.15, 0.2) is 32.1 Å². The average molecular weight is 431 g/mol. The number of rotatable bonds is 10. The average Bonchev–Trinajstić information content (AvgIpc) is 3.14. The van der Waals surface area contributed by atoms with Gasteiger partial charge in [0.15, 0.2) is 10.7 Å². The Balaban J connectivity index is 1.93. The molecule has 0 spiro atoms. The molecule has 0 bridgehead atoms. The smallest absolute Gasteiger partial charge is 0.354 e. The Morgan fingerprint density at radius 1 is 1.36 bits per heavy atom. The second-order valence-corrected chi connectivity index (χ2v) is 8.89. The van der Waals surface area contributed by atoms with Crippen molar-refractivity contribution in [3.63, 3.8) is 0 Å². The van der Waals surface area contributed by atoms with Crippen LogP contribution in [0.3, 0.4) is 0 Å². The minimum atomic E-state index is -3.98. The maximum absolute atomic E-state index is 12.2. The fourth-order valence-electron chi connectivity index (χ4n) is 2.51. The first-order valence-corrected chi connectivity index (χ1v) is 11.4. The molecule has 28 heavy (non-hydrogen) atoms. The lowest BCUT2D eigenvalue weighted by atomic mass is 10.3. The fourth-order valence-corrected chi connectivity index (χ4v) is 4.50. The molecule has 0 atom stereocenters. The van der Waals surface area contributed by atoms with E-state index in [0.717, 1.165) is 18.1 Å². The van der Waals surface area contributed by atoms with Crippen LogP contribution in [0.2, 0.25) is 0 Å². The Bertz CT molecular complexity index is 859. The lowest BCUT2D eigenvalue weighted by molar-refractivity contribution is -0.137. The molecule has 0 amide bonds. The van der Waals surface area contributed by atoms with E-state index in [-0.39, 0.29) is 18.1 Å². The number of furan rings is 1. The first-order chi connectivity index (χ1) is 13.3. The Labute approximate surface area is 169 Å². The molecular formula is C17H26N4O5S2. The van der Waals surface area contributed by atoms with Crippen molar-refractivity contribution in [3.8, 4) is 0 Å². The van der Waals surface area contributed by atoms with Crippen LogP contribution in [0.25, 0.3) is 0 Å². The number of hydrogen-bond acceptors (Lipinski definition) is 9. The quantitative estimate of drug-likeness (QED) is 0.416. The van der Waals surface area contributed by atoms with E-state index in [9.17, 15) is 13.2 Å². The summed E-state index contributed by atoms with van der Waals surface area (Å²) < 4.78 is 37.3. The van der Waals surface area contributed by atoms with Gasteiger partial charge in [-0.15, -0.1) is 0 Å². The van der Waals surface area contributed by atoms with Gasteiger partial charge in [0.05, 0.1) is 25.4 Å². The van der Waals surface area contributed by atoms with Gasteiger partial charge in [0.2, 0.25) is 0 Å². The molecule has 0 aromatic carbocycles. The summed E-state index contributed by atoms with van der Waals surface area (Å²) in [5.41, 5.74) is 0.128. The van der Waals surface area contributed by atoms with Crippen molar-refractivity contribution in [1.82, 2.24) is 14.9 Å². The zero-order chi connectivity index (χ0) is 20.7. The van der Waals surface area contributed by atoms with Crippen molar-refractivity contribution in [2.45, 2.75) is 19.2 Å². The second-order valence-electron chi connectivity index (χ2n) is 6.17. The van der Waals surface area contributed by atoms with Crippen LogP contribution in [0, 0.1) is 0 Å². The molecule has 2 heterocycles. The third-order valence-electron chi connectivity index (χ3n) is 3.61. The first kappa shape index (κ1) is 22.3. The van der Waals surface area contributed by atoms with Gasteiger partial charge in [-0.25, -0.2) is 13.2 Å². The SMILES string of the molecule is CCOC(=O)C1=C(NC)C(=NCCSCc2ccc(CN(C)C)o2)NS1(=O)=O. The van der Waals surface area contributed by atoms with E-state index in [0.29, 0.717) is 18.1 Å². The van der Waals surface area contributed by atoms with Gasteiger partial charge < -0.3 is 19.4 Å². The van der Waals surface area contributed by atoms with E-state index < -0.39 is 20.9 Å². The number of carbonyl (C=O) groups is 1. The second kappa shape index (κ2) is 9.99. The monoisotopic (exact) mass is 430 g/mol. The molecule has 1 aromatic heterocycles. The number of carbonyl (C=O) groups excluding carboxylic acids is 1. The number of esters is 1. The van der Waals surface area contributed by atoms with E-state index in [1.165, 1.54) is 7.05 Å². The van der Waals surface area contributed by atoms with Crippen LogP contribution in [0.5, 0.6) is 0 Å². The maximum Gasteiger partial charge on any atom is 0.354 e. The Kier molecular flexibility index (Phi) is 7.96. The van der Waals surface area contributed by atoms with Gasteiger partial charge >= 0.3 is 5.97 Å². The molecule has 0 radical (unpaired) electrons. The number of ether oxygens (including phenoxy) is 1. The van der Waals surface area contributed by atoms with Crippen LogP contribution >= 0.6 is 11.8 Å². The molecule has 0 fully saturated rings. The molecule has 2 N–H and O–H groups in total. The van der Waals surface area contributed by atoms with Gasteiger partial charge in [0.25, 0.3) is 10.0 Å². The maximum atomic E-state index is 12.2. The lowest BCUT2D eigenvalue weighted by Crippen LogP contribution is -2.27. The normalized spacial score (nSPS) is 17.2. The zero-order valence-electron chi connectivity index (χ0n) is 16.4. The number of sulfonamides is 1. The van der Waals surface area contributed by atoms with E-state index in [4.69, 9.17) is 9.15 Å². The predicted octanol–water partition coefficient (Wildman–Crippen LogP) is 0.900. The summed E-state index contributed by atoms with van der Waals surface area (Å²) >= 11 is 1.63. The Hall–Kier alpha value is -1.98. The molecule has 11 heteroatoms. The summed E-state index contributed by atoms with van der Waals surface area (Å²) in [7, 11) is 1.52. The summed E-state index contributed by atoms with van der Waals surface area (Å²) in [5, 5.41) is 2.72. The third-order valence-corrected chi connectivity index (χ3v) is 5.94. The van der Waals surface area contributed by atoms with Crippen molar-refractivity contribution in [2.24, 2.45) is 4.99 Å². The third kappa shape index (κ3) is 5.76. The lowest BCUT2D eigenvalue weighted by Gasteiger charge is -2.05. The number of aliphatic imine (C=N–C) groups is 1. The number of likely N-dealkylation sites (N-methyl/N-ethyl adjacent to an activating group) is 1. The van der Waals surface area contributed by atoms with Crippen LogP contribution < -0.4 is 10.0 Å². The summed E-state index contributed by atoms with van der Waals surface area (Å²) in [6, 6.07) is 3.92. The summed E-state index contributed by atoms with van der Waals surface area (Å²) in [6.45, 7) is 2.83. The van der Waals surface area contributed by atoms with E-state index in [1.807, 2.05) is 31.1 Å². The van der Waals surface area contributed by atoms with Crippen LogP contribution in [-0.2, 0) is 31.9 Å². The summed E-state index contributed by atoms with van der Waals surface area (Å²) in [6.07, 6.45) is 0. The standard InChI is InChI=1S/C17H26N4O5S2/c1-5-25-17(22)15-14(18-2)16(20-28(15,23)24)19-8-9-27-11-13-7-6-12(26-13)10-21(3)4/h6-7,18H,5,8-11H2,1-4H3,(H,19,20). The van der Waals surface area contributed by atoms with Gasteiger partial charge in [-0.05, 0) is 33.2 Å². The van der Waals surface area contributed by atoms with Gasteiger partial charge in [-0.1, -0.05) is 0 Å². The van der Waals surface area contributed by atoms with E-state index in [2.05, 4.69) is 15.0 Å². The molecule has 1 aliphatic rings. The number of amidine groups is 1. The highest BCUT2D eigenvalue weighted by molar-refractivity contribution is 7.98. The van der Waals surface area contributed by atoms with Crippen LogP contribution in [0.1, 0.15) is 18.4 Å². The van der Waals surface area contributed by atoms with Crippen molar-refractivity contribution in [3.05, 3.63) is 34.3 Å². The highest BCUT2D eigenvalue weighted by atomic mass is 32.2. The highest BCUT2D eigenvalue weighted by Gasteiger charge is 2.39. The molecule has 0 saturated carbocycles. The highest BCUT2D eigenvalue weighted by Crippen LogP contribution is 2.20. The van der Waals surface area contributed by atoms with Gasteiger partial charge in [-0.2, -0.15) is 11.8 Å². The molecule has 0 saturated heterocycles. The van der Waals surface area contributed by atoms with Crippen molar-refractivity contribution < 1.29 is 22.4 Å². The molecular weight excluding hydrogens is 404 g/mol. The van der Waals surface area contributed by atoms with Crippen molar-refractivity contribution in [1.29, 1.82) is 0 Å². The molecule has 0 unspecified atom stereocenters. The molecule has 1 aliphatic heterocycles. The van der Waals surface area contributed by atoms with Crippen molar-refractivity contribution >= 4 is 33.6 Å². The molecule has 1 aromatic rings. The van der Waals surface area contributed by atoms with E-state index >= 15 is 0 Å². The minimum Gasteiger partial charge on any atom is -0.464 e. The minimum absolute atomic E-state index is 0.0843. The topological polar surface area (TPSA) is 113 Å². The largest absolute Gasteiger partial charge is 0.464 e. The fraction of sp³-hybridized carbons (Fsp3) is 0.529. The van der Waals surface area contributed by atoms with Gasteiger partial charge in [-0.3, -0.25) is 9.71 Å². The van der Waals surface area contributed by atoms with Gasteiger partial charge in [0.1, 0.15) is 17.2 Å². The summed E-state index contributed by atoms with van der Waals surface area (Å²) in [5.74, 6) is 2.39.